The standard InChI is InChI=1S/C29H32N6O/c1-19(35-15-12-21(13-16-35)20-5-7-22(8-6-20)29(36)33(2)3)27-17-25-24(11-14-31-28(25)34(27)4)26-10-9-23(30)18-32-26/h5-12,14,17-19H,13,15-16,30H2,1-4H3/t19-/m1/s1/i2D3,3D3. The third kappa shape index (κ3) is 4.38. The van der Waals surface area contributed by atoms with Crippen LogP contribution in [-0.4, -0.2) is 57.3 Å². The van der Waals surface area contributed by atoms with Crippen LogP contribution in [0.1, 0.15) is 49.2 Å². The van der Waals surface area contributed by atoms with E-state index in [1.54, 1.807) is 24.5 Å². The first-order chi connectivity index (χ1) is 19.8. The quantitative estimate of drug-likeness (QED) is 0.440. The van der Waals surface area contributed by atoms with Gasteiger partial charge in [0.2, 0.25) is 0 Å². The van der Waals surface area contributed by atoms with E-state index in [0.29, 0.717) is 12.2 Å². The van der Waals surface area contributed by atoms with Gasteiger partial charge in [-0.25, -0.2) is 4.98 Å². The first kappa shape index (κ1) is 17.5. The summed E-state index contributed by atoms with van der Waals surface area (Å²) in [6.07, 6.45) is 6.37. The molecule has 5 rings (SSSR count). The van der Waals surface area contributed by atoms with Crippen LogP contribution in [0.3, 0.4) is 0 Å². The lowest BCUT2D eigenvalue weighted by molar-refractivity contribution is 0.0827. The lowest BCUT2D eigenvalue weighted by atomic mass is 9.97. The third-order valence-corrected chi connectivity index (χ3v) is 6.95. The van der Waals surface area contributed by atoms with Crippen LogP contribution in [0.15, 0.2) is 67.0 Å². The molecule has 0 fully saturated rings. The molecule has 1 atom stereocenters. The molecule has 184 valence electrons. The number of pyridine rings is 2. The number of hydrogen-bond donors (Lipinski definition) is 1. The molecule has 1 aliphatic rings. The van der Waals surface area contributed by atoms with Crippen molar-refractivity contribution in [2.75, 3.05) is 32.8 Å². The van der Waals surface area contributed by atoms with Crippen LogP contribution < -0.4 is 5.73 Å². The van der Waals surface area contributed by atoms with Crippen molar-refractivity contribution in [2.45, 2.75) is 19.4 Å². The molecule has 2 N–H and O–H groups in total. The Hall–Kier alpha value is -3.97. The number of benzene rings is 1. The summed E-state index contributed by atoms with van der Waals surface area (Å²) < 4.78 is 47.1. The lowest BCUT2D eigenvalue weighted by Crippen LogP contribution is -2.32. The Morgan fingerprint density at radius 1 is 1.14 bits per heavy atom. The van der Waals surface area contributed by atoms with Crippen LogP contribution in [0.4, 0.5) is 5.69 Å². The highest BCUT2D eigenvalue weighted by Gasteiger charge is 2.23. The van der Waals surface area contributed by atoms with Crippen molar-refractivity contribution in [3.8, 4) is 11.3 Å². The van der Waals surface area contributed by atoms with Gasteiger partial charge < -0.3 is 15.2 Å². The van der Waals surface area contributed by atoms with Crippen molar-refractivity contribution in [3.63, 3.8) is 0 Å². The molecule has 7 heteroatoms. The van der Waals surface area contributed by atoms with Gasteiger partial charge in [-0.05, 0) is 60.9 Å². The number of aryl methyl sites for hydroxylation is 1. The average molecular weight is 487 g/mol. The van der Waals surface area contributed by atoms with Gasteiger partial charge in [-0.15, -0.1) is 0 Å². The number of fused-ring (bicyclic) bond motifs is 1. The minimum absolute atomic E-state index is 0.00980. The molecule has 0 saturated carbocycles. The van der Waals surface area contributed by atoms with Gasteiger partial charge in [-0.2, -0.15) is 0 Å². The summed E-state index contributed by atoms with van der Waals surface area (Å²) >= 11 is 0. The maximum absolute atomic E-state index is 12.8. The van der Waals surface area contributed by atoms with E-state index in [4.69, 9.17) is 14.0 Å². The van der Waals surface area contributed by atoms with E-state index in [0.717, 1.165) is 52.1 Å². The third-order valence-electron chi connectivity index (χ3n) is 6.95. The molecule has 0 bridgehead atoms. The van der Waals surface area contributed by atoms with Gasteiger partial charge in [0.05, 0.1) is 17.6 Å². The van der Waals surface area contributed by atoms with Crippen molar-refractivity contribution in [1.82, 2.24) is 24.3 Å². The van der Waals surface area contributed by atoms with Gasteiger partial charge in [-0.3, -0.25) is 14.7 Å². The molecular formula is C29H32N6O. The molecule has 0 unspecified atom stereocenters. The van der Waals surface area contributed by atoms with Crippen LogP contribution >= 0.6 is 0 Å². The van der Waals surface area contributed by atoms with Crippen molar-refractivity contribution < 1.29 is 13.0 Å². The molecule has 3 aromatic heterocycles. The summed E-state index contributed by atoms with van der Waals surface area (Å²) in [6.45, 7) is -2.47. The summed E-state index contributed by atoms with van der Waals surface area (Å²) in [4.78, 5) is 24.2. The van der Waals surface area contributed by atoms with E-state index < -0.39 is 19.9 Å². The van der Waals surface area contributed by atoms with Crippen molar-refractivity contribution >= 4 is 28.2 Å². The average Bonchev–Trinajstić information content (AvgIpc) is 3.28. The number of hydrogen-bond acceptors (Lipinski definition) is 5. The van der Waals surface area contributed by atoms with Crippen LogP contribution in [-0.2, 0) is 7.05 Å². The second-order valence-corrected chi connectivity index (χ2v) is 9.07. The zero-order valence-corrected chi connectivity index (χ0v) is 20.3. The highest BCUT2D eigenvalue weighted by atomic mass is 16.2. The maximum atomic E-state index is 12.8. The molecule has 0 aliphatic carbocycles. The lowest BCUT2D eigenvalue weighted by Gasteiger charge is -2.32. The topological polar surface area (TPSA) is 80.3 Å². The van der Waals surface area contributed by atoms with E-state index in [-0.39, 0.29) is 16.5 Å². The molecule has 1 aliphatic heterocycles. The Morgan fingerprint density at radius 3 is 2.61 bits per heavy atom. The molecule has 7 nitrogen and oxygen atoms in total. The number of nitrogen functional groups attached to an aromatic ring is 1. The van der Waals surface area contributed by atoms with E-state index in [1.807, 2.05) is 25.2 Å². The zero-order chi connectivity index (χ0) is 30.4. The van der Waals surface area contributed by atoms with Gasteiger partial charge in [0.15, 0.2) is 0 Å². The van der Waals surface area contributed by atoms with Gasteiger partial charge >= 0.3 is 0 Å². The van der Waals surface area contributed by atoms with E-state index in [2.05, 4.69) is 38.5 Å². The number of aromatic nitrogens is 3. The maximum Gasteiger partial charge on any atom is 0.253 e. The van der Waals surface area contributed by atoms with Gasteiger partial charge in [0.1, 0.15) is 5.65 Å². The Kier molecular flexibility index (Phi) is 4.65. The van der Waals surface area contributed by atoms with E-state index in [1.165, 1.54) is 12.1 Å². The largest absolute Gasteiger partial charge is 0.397 e. The molecule has 0 spiro atoms. The number of nitrogens with two attached hydrogens (primary N) is 1. The summed E-state index contributed by atoms with van der Waals surface area (Å²) in [7, 11) is 2.02. The molecule has 0 radical (unpaired) electrons. The number of amides is 1. The van der Waals surface area contributed by atoms with Crippen molar-refractivity contribution in [2.24, 2.45) is 7.05 Å². The Bertz CT molecular complexity index is 1630. The molecular weight excluding hydrogens is 448 g/mol. The van der Waals surface area contributed by atoms with Gasteiger partial charge in [0, 0.05) is 76.8 Å². The zero-order valence-electron chi connectivity index (χ0n) is 26.3. The summed E-state index contributed by atoms with van der Waals surface area (Å²) in [5.41, 5.74) is 12.3. The first-order valence-electron chi connectivity index (χ1n) is 14.8. The number of carbonyl (C=O) groups excluding carboxylic acids is 1. The molecule has 36 heavy (non-hydrogen) atoms. The van der Waals surface area contributed by atoms with E-state index in [9.17, 15) is 4.79 Å². The predicted molar refractivity (Wildman–Crippen MR) is 145 cm³/mol. The van der Waals surface area contributed by atoms with Crippen LogP contribution in [0.25, 0.3) is 27.9 Å². The summed E-state index contributed by atoms with van der Waals surface area (Å²) in [5.74, 6) is -1.06. The minimum Gasteiger partial charge on any atom is -0.397 e. The van der Waals surface area contributed by atoms with Crippen LogP contribution in [0.2, 0.25) is 0 Å². The molecule has 1 amide bonds. The van der Waals surface area contributed by atoms with Gasteiger partial charge in [-0.1, -0.05) is 18.2 Å². The van der Waals surface area contributed by atoms with Crippen LogP contribution in [0.5, 0.6) is 0 Å². The minimum atomic E-state index is -3.08. The molecule has 1 aromatic carbocycles. The fraction of sp³-hybridized carbons (Fsp3) is 0.276. The number of anilines is 1. The second kappa shape index (κ2) is 9.59. The SMILES string of the molecule is [2H]C([2H])([2H])N(C(=O)c1ccc(C2=CCN([C@H](C)c3cc4c(-c5ccc(N)cn5)ccnc4n3C)CC2)cc1)C([2H])([2H])[2H]. The van der Waals surface area contributed by atoms with E-state index >= 15 is 0 Å². The second-order valence-electron chi connectivity index (χ2n) is 9.07. The number of nitrogens with zero attached hydrogens (tertiary/aromatic N) is 5. The Morgan fingerprint density at radius 2 is 1.94 bits per heavy atom. The van der Waals surface area contributed by atoms with Crippen molar-refractivity contribution in [3.05, 3.63) is 83.8 Å². The fourth-order valence-electron chi connectivity index (χ4n) is 4.87. The normalized spacial score (nSPS) is 18.2. The number of carbonyl (C=O) groups is 1. The molecule has 0 saturated heterocycles. The summed E-state index contributed by atoms with van der Waals surface area (Å²) in [6, 6.07) is 14.4. The Labute approximate surface area is 220 Å². The molecule has 4 heterocycles. The fourth-order valence-corrected chi connectivity index (χ4v) is 4.87. The highest BCUT2D eigenvalue weighted by molar-refractivity contribution is 5.94. The van der Waals surface area contributed by atoms with Gasteiger partial charge in [0.25, 0.3) is 5.91 Å². The number of rotatable bonds is 5. The Balaban J connectivity index is 1.33. The monoisotopic (exact) mass is 486 g/mol. The van der Waals surface area contributed by atoms with Crippen LogP contribution in [0, 0.1) is 0 Å². The smallest absolute Gasteiger partial charge is 0.253 e. The first-order valence-corrected chi connectivity index (χ1v) is 11.8. The predicted octanol–water partition coefficient (Wildman–Crippen LogP) is 4.77. The molecule has 4 aromatic rings. The highest BCUT2D eigenvalue weighted by Crippen LogP contribution is 2.34. The van der Waals surface area contributed by atoms with Crippen molar-refractivity contribution in [1.29, 1.82) is 0 Å². The summed E-state index contributed by atoms with van der Waals surface area (Å²) in [5, 5.41) is 1.03.